The van der Waals surface area contributed by atoms with Crippen molar-refractivity contribution in [1.29, 1.82) is 0 Å². The maximum atomic E-state index is 13.9. The van der Waals surface area contributed by atoms with Crippen molar-refractivity contribution >= 4 is 11.6 Å². The van der Waals surface area contributed by atoms with Gasteiger partial charge in [0.1, 0.15) is 5.67 Å². The third-order valence-corrected chi connectivity index (χ3v) is 2.64. The summed E-state index contributed by atoms with van der Waals surface area (Å²) in [6.07, 6.45) is 0. The van der Waals surface area contributed by atoms with Crippen LogP contribution in [0.25, 0.3) is 0 Å². The van der Waals surface area contributed by atoms with Crippen LogP contribution >= 0.6 is 11.6 Å². The van der Waals surface area contributed by atoms with Gasteiger partial charge < -0.3 is 5.32 Å². The van der Waals surface area contributed by atoms with E-state index in [1.807, 2.05) is 6.07 Å². The summed E-state index contributed by atoms with van der Waals surface area (Å²) in [7, 11) is 0. The molecule has 0 amide bonds. The highest BCUT2D eigenvalue weighted by Gasteiger charge is 2.31. The van der Waals surface area contributed by atoms with Gasteiger partial charge in [0.2, 0.25) is 0 Å². The van der Waals surface area contributed by atoms with Gasteiger partial charge in [-0.1, -0.05) is 17.7 Å². The molecule has 0 fully saturated rings. The van der Waals surface area contributed by atoms with Crippen molar-refractivity contribution in [3.63, 3.8) is 0 Å². The minimum atomic E-state index is -1.27. The van der Waals surface area contributed by atoms with Gasteiger partial charge in [-0.05, 0) is 30.2 Å². The molecule has 2 rings (SSSR count). The largest absolute Gasteiger partial charge is 0.309 e. The van der Waals surface area contributed by atoms with Gasteiger partial charge in [0, 0.05) is 18.1 Å². The molecule has 0 spiro atoms. The Labute approximate surface area is 81.9 Å². The Balaban J connectivity index is 2.53. The molecule has 0 bridgehead atoms. The Morgan fingerprint density at radius 1 is 1.54 bits per heavy atom. The van der Waals surface area contributed by atoms with Gasteiger partial charge >= 0.3 is 0 Å². The van der Waals surface area contributed by atoms with Crippen molar-refractivity contribution in [1.82, 2.24) is 5.32 Å². The molecule has 1 nitrogen and oxygen atoms in total. The summed E-state index contributed by atoms with van der Waals surface area (Å²) in [5, 5.41) is 3.69. The summed E-state index contributed by atoms with van der Waals surface area (Å²) >= 11 is 5.82. The highest BCUT2D eigenvalue weighted by atomic mass is 35.5. The lowest BCUT2D eigenvalue weighted by atomic mass is 9.90. The number of alkyl halides is 1. The second-order valence-corrected chi connectivity index (χ2v) is 4.04. The molecule has 1 aromatic carbocycles. The van der Waals surface area contributed by atoms with Crippen molar-refractivity contribution in [3.05, 3.63) is 34.3 Å². The van der Waals surface area contributed by atoms with Crippen LogP contribution in [0.15, 0.2) is 18.2 Å². The second-order valence-electron chi connectivity index (χ2n) is 3.60. The lowest BCUT2D eigenvalue weighted by Crippen LogP contribution is -2.37. The first-order valence-corrected chi connectivity index (χ1v) is 4.66. The summed E-state index contributed by atoms with van der Waals surface area (Å²) in [6.45, 7) is 2.67. The van der Waals surface area contributed by atoms with Crippen molar-refractivity contribution in [2.45, 2.75) is 19.1 Å². The molecule has 0 saturated carbocycles. The summed E-state index contributed by atoms with van der Waals surface area (Å²) in [5.74, 6) is 0. The molecular formula is C10H11ClFN. The van der Waals surface area contributed by atoms with Crippen LogP contribution < -0.4 is 5.32 Å². The van der Waals surface area contributed by atoms with E-state index in [0.717, 1.165) is 11.1 Å². The maximum Gasteiger partial charge on any atom is 0.145 e. The monoisotopic (exact) mass is 199 g/mol. The van der Waals surface area contributed by atoms with Gasteiger partial charge in [0.25, 0.3) is 0 Å². The molecule has 1 aliphatic rings. The number of rotatable bonds is 0. The highest BCUT2D eigenvalue weighted by Crippen LogP contribution is 2.32. The molecule has 1 heterocycles. The van der Waals surface area contributed by atoms with Crippen LogP contribution in [0.4, 0.5) is 4.39 Å². The van der Waals surface area contributed by atoms with Crippen LogP contribution in [0.1, 0.15) is 18.1 Å². The second kappa shape index (κ2) is 2.96. The summed E-state index contributed by atoms with van der Waals surface area (Å²) < 4.78 is 13.9. The van der Waals surface area contributed by atoms with E-state index in [0.29, 0.717) is 18.1 Å². The standard InChI is InChI=1S/C10H11ClFN/c1-10(12)6-13-5-7-4-8(11)2-3-9(7)10/h2-4,13H,5-6H2,1H3. The zero-order valence-electron chi connectivity index (χ0n) is 7.40. The molecular weight excluding hydrogens is 189 g/mol. The normalized spacial score (nSPS) is 27.0. The van der Waals surface area contributed by atoms with Crippen LogP contribution in [0.2, 0.25) is 5.02 Å². The average Bonchev–Trinajstić information content (AvgIpc) is 2.02. The van der Waals surface area contributed by atoms with Gasteiger partial charge in [0.05, 0.1) is 0 Å². The number of halogens is 2. The minimum absolute atomic E-state index is 0.377. The molecule has 0 saturated heterocycles. The van der Waals surface area contributed by atoms with Crippen molar-refractivity contribution in [2.24, 2.45) is 0 Å². The lowest BCUT2D eigenvalue weighted by Gasteiger charge is -2.29. The fraction of sp³-hybridized carbons (Fsp3) is 0.400. The molecule has 13 heavy (non-hydrogen) atoms. The molecule has 1 N–H and O–H groups in total. The topological polar surface area (TPSA) is 12.0 Å². The van der Waals surface area contributed by atoms with E-state index in [1.54, 1.807) is 19.1 Å². The molecule has 1 unspecified atom stereocenters. The Kier molecular flexibility index (Phi) is 2.05. The summed E-state index contributed by atoms with van der Waals surface area (Å²) in [5.41, 5.74) is 0.456. The van der Waals surface area contributed by atoms with Gasteiger partial charge in [-0.15, -0.1) is 0 Å². The maximum absolute atomic E-state index is 13.9. The van der Waals surface area contributed by atoms with Crippen LogP contribution in [0.3, 0.4) is 0 Å². The SMILES string of the molecule is CC1(F)CNCc2cc(Cl)ccc21. The van der Waals surface area contributed by atoms with E-state index in [1.165, 1.54) is 0 Å². The molecule has 70 valence electrons. The number of fused-ring (bicyclic) bond motifs is 1. The van der Waals surface area contributed by atoms with Gasteiger partial charge in [-0.3, -0.25) is 0 Å². The first kappa shape index (κ1) is 8.97. The van der Waals surface area contributed by atoms with Gasteiger partial charge in [-0.2, -0.15) is 0 Å². The Morgan fingerprint density at radius 3 is 3.08 bits per heavy atom. The van der Waals surface area contributed by atoms with Gasteiger partial charge in [-0.25, -0.2) is 4.39 Å². The summed E-state index contributed by atoms with van der Waals surface area (Å²) in [6, 6.07) is 5.34. The predicted molar refractivity (Wildman–Crippen MR) is 51.6 cm³/mol. The predicted octanol–water partition coefficient (Wildman–Crippen LogP) is 2.63. The number of benzene rings is 1. The molecule has 1 aliphatic heterocycles. The van der Waals surface area contributed by atoms with Crippen LogP contribution in [0.5, 0.6) is 0 Å². The molecule has 0 radical (unpaired) electrons. The third-order valence-electron chi connectivity index (χ3n) is 2.40. The first-order chi connectivity index (χ1) is 6.09. The van der Waals surface area contributed by atoms with Crippen LogP contribution in [-0.4, -0.2) is 6.54 Å². The van der Waals surface area contributed by atoms with Crippen molar-refractivity contribution in [2.75, 3.05) is 6.54 Å². The Bertz CT molecular complexity index is 336. The van der Waals surface area contributed by atoms with E-state index in [9.17, 15) is 4.39 Å². The van der Waals surface area contributed by atoms with Gasteiger partial charge in [0.15, 0.2) is 0 Å². The third kappa shape index (κ3) is 1.56. The van der Waals surface area contributed by atoms with E-state index in [2.05, 4.69) is 5.32 Å². The minimum Gasteiger partial charge on any atom is -0.309 e. The number of hydrogen-bond donors (Lipinski definition) is 1. The van der Waals surface area contributed by atoms with E-state index in [-0.39, 0.29) is 0 Å². The Morgan fingerprint density at radius 2 is 2.31 bits per heavy atom. The zero-order valence-corrected chi connectivity index (χ0v) is 8.16. The first-order valence-electron chi connectivity index (χ1n) is 4.28. The van der Waals surface area contributed by atoms with Crippen LogP contribution in [-0.2, 0) is 12.2 Å². The lowest BCUT2D eigenvalue weighted by molar-refractivity contribution is 0.173. The smallest absolute Gasteiger partial charge is 0.145 e. The quantitative estimate of drug-likeness (QED) is 0.678. The van der Waals surface area contributed by atoms with Crippen molar-refractivity contribution < 1.29 is 4.39 Å². The number of hydrogen-bond acceptors (Lipinski definition) is 1. The van der Waals surface area contributed by atoms with Crippen LogP contribution in [0, 0.1) is 0 Å². The fourth-order valence-corrected chi connectivity index (χ4v) is 1.94. The van der Waals surface area contributed by atoms with E-state index < -0.39 is 5.67 Å². The molecule has 0 aromatic heterocycles. The molecule has 1 aromatic rings. The number of nitrogens with one attached hydrogen (secondary N) is 1. The fourth-order valence-electron chi connectivity index (χ4n) is 1.74. The van der Waals surface area contributed by atoms with E-state index >= 15 is 0 Å². The van der Waals surface area contributed by atoms with E-state index in [4.69, 9.17) is 11.6 Å². The molecule has 1 atom stereocenters. The summed E-state index contributed by atoms with van der Waals surface area (Å²) in [4.78, 5) is 0. The zero-order chi connectivity index (χ0) is 9.47. The molecule has 0 aliphatic carbocycles. The van der Waals surface area contributed by atoms with Crippen molar-refractivity contribution in [3.8, 4) is 0 Å². The Hall–Kier alpha value is -0.600. The highest BCUT2D eigenvalue weighted by molar-refractivity contribution is 6.30. The average molecular weight is 200 g/mol. The molecule has 3 heteroatoms.